The van der Waals surface area contributed by atoms with Crippen LogP contribution in [0.2, 0.25) is 0 Å². The topological polar surface area (TPSA) is 53.1 Å². The monoisotopic (exact) mass is 331 g/mol. The molecule has 3 rings (SSSR count). The van der Waals surface area contributed by atoms with Crippen LogP contribution in [0, 0.1) is 6.92 Å². The van der Waals surface area contributed by atoms with Gasteiger partial charge in [0.05, 0.1) is 6.04 Å². The molecule has 1 aromatic rings. The number of piperazine rings is 1. The van der Waals surface area contributed by atoms with Gasteiger partial charge in [0.25, 0.3) is 5.91 Å². The zero-order valence-corrected chi connectivity index (χ0v) is 14.6. The third-order valence-electron chi connectivity index (χ3n) is 4.96. The Labute approximate surface area is 143 Å². The van der Waals surface area contributed by atoms with Crippen molar-refractivity contribution in [3.8, 4) is 0 Å². The molecule has 0 spiro atoms. The number of likely N-dealkylation sites (N-methyl/N-ethyl adjacent to an activating group) is 2. The number of ether oxygens (including phenoxy) is 1. The highest BCUT2D eigenvalue weighted by Gasteiger charge is 2.42. The number of hydrogen-bond acceptors (Lipinski definition) is 4. The van der Waals surface area contributed by atoms with Gasteiger partial charge in [-0.2, -0.15) is 0 Å². The molecule has 2 aliphatic heterocycles. The number of carbonyl (C=O) groups is 2. The van der Waals surface area contributed by atoms with Gasteiger partial charge in [-0.3, -0.25) is 9.59 Å². The van der Waals surface area contributed by atoms with E-state index in [0.717, 1.165) is 24.2 Å². The lowest BCUT2D eigenvalue weighted by molar-refractivity contribution is -0.168. The molecule has 0 radical (unpaired) electrons. The number of carbonyl (C=O) groups excluding carboxylic acids is 2. The van der Waals surface area contributed by atoms with E-state index in [1.807, 2.05) is 36.1 Å². The minimum Gasteiger partial charge on any atom is -0.356 e. The van der Waals surface area contributed by atoms with E-state index in [-0.39, 0.29) is 24.5 Å². The summed E-state index contributed by atoms with van der Waals surface area (Å²) in [6, 6.07) is 7.57. The lowest BCUT2D eigenvalue weighted by atomic mass is 9.96. The predicted octanol–water partition coefficient (Wildman–Crippen LogP) is 0.667. The number of rotatable bonds is 2. The Morgan fingerprint density at radius 1 is 1.08 bits per heavy atom. The van der Waals surface area contributed by atoms with E-state index in [1.54, 1.807) is 11.9 Å². The maximum atomic E-state index is 13.0. The minimum absolute atomic E-state index is 0.0203. The maximum Gasteiger partial charge on any atom is 0.254 e. The van der Waals surface area contributed by atoms with Gasteiger partial charge in [-0.05, 0) is 19.5 Å². The minimum atomic E-state index is -0.640. The van der Waals surface area contributed by atoms with Gasteiger partial charge in [-0.15, -0.1) is 0 Å². The van der Waals surface area contributed by atoms with Crippen LogP contribution in [0.15, 0.2) is 24.3 Å². The van der Waals surface area contributed by atoms with E-state index in [4.69, 9.17) is 4.74 Å². The van der Waals surface area contributed by atoms with Crippen LogP contribution in [0.5, 0.6) is 0 Å². The van der Waals surface area contributed by atoms with Crippen molar-refractivity contribution >= 4 is 11.8 Å². The van der Waals surface area contributed by atoms with Gasteiger partial charge in [0.15, 0.2) is 6.10 Å². The van der Waals surface area contributed by atoms with Gasteiger partial charge in [0.2, 0.25) is 5.91 Å². The standard InChI is InChI=1S/C18H25N3O3/c1-13-4-6-14(7-5-13)16-17(24-12-15(22)20(16)3)18(23)21-10-8-19(2)9-11-21/h4-7,16-17H,8-12H2,1-3H3. The van der Waals surface area contributed by atoms with E-state index >= 15 is 0 Å². The SMILES string of the molecule is Cc1ccc(C2C(C(=O)N3CCN(C)CC3)OCC(=O)N2C)cc1. The molecule has 2 unspecified atom stereocenters. The van der Waals surface area contributed by atoms with E-state index in [1.165, 1.54) is 0 Å². The molecule has 2 amide bonds. The highest BCUT2D eigenvalue weighted by atomic mass is 16.5. The maximum absolute atomic E-state index is 13.0. The predicted molar refractivity (Wildman–Crippen MR) is 90.5 cm³/mol. The fraction of sp³-hybridized carbons (Fsp3) is 0.556. The molecule has 6 nitrogen and oxygen atoms in total. The van der Waals surface area contributed by atoms with Crippen molar-refractivity contribution in [3.63, 3.8) is 0 Å². The van der Waals surface area contributed by atoms with E-state index in [2.05, 4.69) is 11.9 Å². The summed E-state index contributed by atoms with van der Waals surface area (Å²) in [6.45, 7) is 5.11. The van der Waals surface area contributed by atoms with Gasteiger partial charge >= 0.3 is 0 Å². The molecule has 2 saturated heterocycles. The van der Waals surface area contributed by atoms with Crippen LogP contribution < -0.4 is 0 Å². The van der Waals surface area contributed by atoms with Crippen molar-refractivity contribution in [3.05, 3.63) is 35.4 Å². The quantitative estimate of drug-likeness (QED) is 0.799. The van der Waals surface area contributed by atoms with Gasteiger partial charge in [0, 0.05) is 33.2 Å². The van der Waals surface area contributed by atoms with Crippen LogP contribution in [-0.2, 0) is 14.3 Å². The van der Waals surface area contributed by atoms with Crippen LogP contribution in [0.25, 0.3) is 0 Å². The largest absolute Gasteiger partial charge is 0.356 e. The average molecular weight is 331 g/mol. The summed E-state index contributed by atoms with van der Waals surface area (Å²) < 4.78 is 5.70. The van der Waals surface area contributed by atoms with Crippen molar-refractivity contribution in [2.45, 2.75) is 19.1 Å². The number of hydrogen-bond donors (Lipinski definition) is 0. The highest BCUT2D eigenvalue weighted by molar-refractivity contribution is 5.86. The Morgan fingerprint density at radius 3 is 2.33 bits per heavy atom. The number of morpholine rings is 1. The molecule has 0 N–H and O–H groups in total. The van der Waals surface area contributed by atoms with Gasteiger partial charge < -0.3 is 19.4 Å². The molecular weight excluding hydrogens is 306 g/mol. The van der Waals surface area contributed by atoms with Crippen molar-refractivity contribution in [2.75, 3.05) is 46.9 Å². The average Bonchev–Trinajstić information content (AvgIpc) is 2.58. The Kier molecular flexibility index (Phi) is 4.87. The second kappa shape index (κ2) is 6.91. The van der Waals surface area contributed by atoms with Gasteiger partial charge in [-0.1, -0.05) is 29.8 Å². The summed E-state index contributed by atoms with van der Waals surface area (Å²) in [5.74, 6) is -0.115. The Hall–Kier alpha value is -1.92. The first kappa shape index (κ1) is 16.9. The third-order valence-corrected chi connectivity index (χ3v) is 4.96. The zero-order chi connectivity index (χ0) is 17.3. The van der Waals surface area contributed by atoms with Crippen LogP contribution >= 0.6 is 0 Å². The molecule has 2 heterocycles. The molecular formula is C18H25N3O3. The fourth-order valence-electron chi connectivity index (χ4n) is 3.29. The van der Waals surface area contributed by atoms with Crippen molar-refractivity contribution in [2.24, 2.45) is 0 Å². The van der Waals surface area contributed by atoms with Crippen LogP contribution in [0.1, 0.15) is 17.2 Å². The van der Waals surface area contributed by atoms with Crippen molar-refractivity contribution in [1.82, 2.24) is 14.7 Å². The molecule has 0 aromatic heterocycles. The molecule has 0 bridgehead atoms. The molecule has 130 valence electrons. The summed E-state index contributed by atoms with van der Waals surface area (Å²) in [7, 11) is 3.81. The summed E-state index contributed by atoms with van der Waals surface area (Å²) in [5, 5.41) is 0. The van der Waals surface area contributed by atoms with Crippen molar-refractivity contribution in [1.29, 1.82) is 0 Å². The molecule has 6 heteroatoms. The summed E-state index contributed by atoms with van der Waals surface area (Å²) in [5.41, 5.74) is 2.08. The molecule has 2 fully saturated rings. The van der Waals surface area contributed by atoms with E-state index in [0.29, 0.717) is 13.1 Å². The van der Waals surface area contributed by atoms with Crippen molar-refractivity contribution < 1.29 is 14.3 Å². The smallest absolute Gasteiger partial charge is 0.254 e. The Morgan fingerprint density at radius 2 is 1.71 bits per heavy atom. The normalized spacial score (nSPS) is 25.9. The second-order valence-electron chi connectivity index (χ2n) is 6.72. The summed E-state index contributed by atoms with van der Waals surface area (Å²) in [6.07, 6.45) is -0.640. The molecule has 2 atom stereocenters. The number of nitrogens with zero attached hydrogens (tertiary/aromatic N) is 3. The summed E-state index contributed by atoms with van der Waals surface area (Å²) >= 11 is 0. The Balaban J connectivity index is 1.84. The second-order valence-corrected chi connectivity index (χ2v) is 6.72. The number of aryl methyl sites for hydroxylation is 1. The van der Waals surface area contributed by atoms with E-state index in [9.17, 15) is 9.59 Å². The van der Waals surface area contributed by atoms with Crippen LogP contribution in [0.4, 0.5) is 0 Å². The molecule has 0 aliphatic carbocycles. The van der Waals surface area contributed by atoms with Crippen LogP contribution in [0.3, 0.4) is 0 Å². The first-order chi connectivity index (χ1) is 11.5. The summed E-state index contributed by atoms with van der Waals surface area (Å²) in [4.78, 5) is 30.8. The Bertz CT molecular complexity index is 608. The highest BCUT2D eigenvalue weighted by Crippen LogP contribution is 2.30. The molecule has 2 aliphatic rings. The third kappa shape index (κ3) is 3.30. The van der Waals surface area contributed by atoms with Gasteiger partial charge in [0.1, 0.15) is 6.61 Å². The van der Waals surface area contributed by atoms with E-state index < -0.39 is 6.10 Å². The number of amides is 2. The molecule has 1 aromatic carbocycles. The lowest BCUT2D eigenvalue weighted by Crippen LogP contribution is -2.56. The lowest BCUT2D eigenvalue weighted by Gasteiger charge is -2.41. The van der Waals surface area contributed by atoms with Crippen LogP contribution in [-0.4, -0.2) is 79.5 Å². The zero-order valence-electron chi connectivity index (χ0n) is 14.6. The number of benzene rings is 1. The van der Waals surface area contributed by atoms with Gasteiger partial charge in [-0.25, -0.2) is 0 Å². The fourth-order valence-corrected chi connectivity index (χ4v) is 3.29. The molecule has 24 heavy (non-hydrogen) atoms. The molecule has 0 saturated carbocycles. The first-order valence-corrected chi connectivity index (χ1v) is 8.38. The first-order valence-electron chi connectivity index (χ1n) is 8.38.